The van der Waals surface area contributed by atoms with Gasteiger partial charge in [0.15, 0.2) is 17.0 Å². The van der Waals surface area contributed by atoms with E-state index in [2.05, 4.69) is 21.7 Å². The van der Waals surface area contributed by atoms with Crippen LogP contribution in [0.2, 0.25) is 0 Å². The number of benzene rings is 1. The SMILES string of the molecule is COc1ccc(Cn2c(C)nc3c(=O)n(C(CC(C)C)C(=O)N[C@H](C#N)C[C@@H]4CCCNC4=O)ccc32)cc1OC. The molecule has 3 atom stereocenters. The molecular weight excluding hydrogens is 524 g/mol. The smallest absolute Gasteiger partial charge is 0.279 e. The number of hydrogen-bond donors (Lipinski definition) is 2. The highest BCUT2D eigenvalue weighted by Gasteiger charge is 2.30. The Morgan fingerprint density at radius 3 is 2.63 bits per heavy atom. The fourth-order valence-corrected chi connectivity index (χ4v) is 5.41. The lowest BCUT2D eigenvalue weighted by atomic mass is 9.91. The molecule has 0 bridgehead atoms. The number of aryl methyl sites for hydroxylation is 1. The van der Waals surface area contributed by atoms with Gasteiger partial charge >= 0.3 is 0 Å². The van der Waals surface area contributed by atoms with Crippen LogP contribution in [-0.4, -0.2) is 52.7 Å². The van der Waals surface area contributed by atoms with Gasteiger partial charge < -0.3 is 29.2 Å². The Bertz CT molecular complexity index is 1520. The van der Waals surface area contributed by atoms with Gasteiger partial charge in [0, 0.05) is 25.2 Å². The molecule has 1 aromatic carbocycles. The molecule has 1 aliphatic heterocycles. The quantitative estimate of drug-likeness (QED) is 0.366. The van der Waals surface area contributed by atoms with Crippen LogP contribution in [0.4, 0.5) is 0 Å². The maximum Gasteiger partial charge on any atom is 0.279 e. The van der Waals surface area contributed by atoms with Crippen molar-refractivity contribution >= 4 is 22.8 Å². The summed E-state index contributed by atoms with van der Waals surface area (Å²) in [5, 5.41) is 15.4. The second kappa shape index (κ2) is 12.9. The van der Waals surface area contributed by atoms with E-state index >= 15 is 0 Å². The topological polar surface area (TPSA) is 140 Å². The number of ether oxygens (including phenoxy) is 2. The van der Waals surface area contributed by atoms with Crippen LogP contribution in [0, 0.1) is 30.1 Å². The number of nitriles is 1. The van der Waals surface area contributed by atoms with E-state index in [4.69, 9.17) is 9.47 Å². The Kier molecular flexibility index (Phi) is 9.32. The normalized spacial score (nSPS) is 16.6. The number of imidazole rings is 1. The molecule has 4 rings (SSSR count). The molecule has 1 unspecified atom stereocenters. The predicted molar refractivity (Wildman–Crippen MR) is 154 cm³/mol. The minimum absolute atomic E-state index is 0.0924. The number of carbonyl (C=O) groups excluding carboxylic acids is 2. The average molecular weight is 563 g/mol. The number of rotatable bonds is 11. The van der Waals surface area contributed by atoms with Gasteiger partial charge in [0.25, 0.3) is 5.56 Å². The van der Waals surface area contributed by atoms with Crippen molar-refractivity contribution in [1.82, 2.24) is 24.8 Å². The molecule has 0 aliphatic carbocycles. The van der Waals surface area contributed by atoms with Crippen molar-refractivity contribution in [3.8, 4) is 17.6 Å². The van der Waals surface area contributed by atoms with E-state index in [9.17, 15) is 19.6 Å². The zero-order valence-electron chi connectivity index (χ0n) is 24.3. The summed E-state index contributed by atoms with van der Waals surface area (Å²) in [5.41, 5.74) is 1.49. The molecular formula is C30H38N6O5. The van der Waals surface area contributed by atoms with Gasteiger partial charge in [0.2, 0.25) is 11.8 Å². The first-order valence-electron chi connectivity index (χ1n) is 13.9. The standard InChI is InChI=1S/C30H38N6O5/c1-18(2)13-24(29(38)34-22(16-31)15-21-7-6-11-32-28(21)37)35-12-10-23-27(30(35)39)33-19(3)36(23)17-20-8-9-25(40-4)26(14-20)41-5/h8-10,12,14,18,21-22,24H,6-7,11,13,15,17H2,1-5H3,(H,32,37)(H,34,38)/t21-,22-,24?/m0/s1. The van der Waals surface area contributed by atoms with Gasteiger partial charge in [-0.1, -0.05) is 19.9 Å². The number of pyridine rings is 1. The summed E-state index contributed by atoms with van der Waals surface area (Å²) in [6, 6.07) is 7.90. The molecule has 1 saturated heterocycles. The number of methoxy groups -OCH3 is 2. The van der Waals surface area contributed by atoms with Gasteiger partial charge in [0.05, 0.1) is 25.8 Å². The van der Waals surface area contributed by atoms with E-state index in [0.717, 1.165) is 12.0 Å². The molecule has 3 aromatic rings. The molecule has 1 fully saturated rings. The van der Waals surface area contributed by atoms with Crippen LogP contribution in [0.25, 0.3) is 11.0 Å². The fraction of sp³-hybridized carbons (Fsp3) is 0.500. The summed E-state index contributed by atoms with van der Waals surface area (Å²) in [7, 11) is 3.16. The van der Waals surface area contributed by atoms with Crippen LogP contribution in [-0.2, 0) is 16.1 Å². The largest absolute Gasteiger partial charge is 0.493 e. The minimum Gasteiger partial charge on any atom is -0.493 e. The molecule has 218 valence electrons. The first-order chi connectivity index (χ1) is 19.7. The summed E-state index contributed by atoms with van der Waals surface area (Å²) >= 11 is 0. The molecule has 11 heteroatoms. The van der Waals surface area contributed by atoms with E-state index < -0.39 is 18.0 Å². The molecule has 0 radical (unpaired) electrons. The number of amides is 2. The lowest BCUT2D eigenvalue weighted by molar-refractivity contribution is -0.128. The lowest BCUT2D eigenvalue weighted by Gasteiger charge is -2.26. The summed E-state index contributed by atoms with van der Waals surface area (Å²) in [4.78, 5) is 44.0. The summed E-state index contributed by atoms with van der Waals surface area (Å²) in [5.74, 6) is 1.15. The monoisotopic (exact) mass is 562 g/mol. The van der Waals surface area contributed by atoms with Crippen LogP contribution < -0.4 is 25.7 Å². The van der Waals surface area contributed by atoms with Crippen molar-refractivity contribution in [3.05, 3.63) is 52.2 Å². The fourth-order valence-electron chi connectivity index (χ4n) is 5.41. The first-order valence-corrected chi connectivity index (χ1v) is 13.9. The summed E-state index contributed by atoms with van der Waals surface area (Å²) < 4.78 is 14.1. The van der Waals surface area contributed by atoms with Crippen molar-refractivity contribution < 1.29 is 19.1 Å². The summed E-state index contributed by atoms with van der Waals surface area (Å²) in [6.07, 6.45) is 3.77. The van der Waals surface area contributed by atoms with Crippen LogP contribution in [0.3, 0.4) is 0 Å². The maximum absolute atomic E-state index is 13.7. The van der Waals surface area contributed by atoms with Crippen molar-refractivity contribution in [1.29, 1.82) is 5.26 Å². The van der Waals surface area contributed by atoms with Crippen molar-refractivity contribution in [2.45, 2.75) is 65.1 Å². The number of aromatic nitrogens is 3. The number of fused-ring (bicyclic) bond motifs is 1. The zero-order chi connectivity index (χ0) is 29.7. The number of piperidine rings is 1. The minimum atomic E-state index is -0.839. The molecule has 1 aliphatic rings. The Labute approximate surface area is 239 Å². The van der Waals surface area contributed by atoms with Gasteiger partial charge in [-0.15, -0.1) is 0 Å². The zero-order valence-corrected chi connectivity index (χ0v) is 24.3. The van der Waals surface area contributed by atoms with E-state index in [1.54, 1.807) is 26.5 Å². The Morgan fingerprint density at radius 1 is 1.22 bits per heavy atom. The number of hydrogen-bond acceptors (Lipinski definition) is 7. The first kappa shape index (κ1) is 29.6. The van der Waals surface area contributed by atoms with Crippen LogP contribution in [0.5, 0.6) is 11.5 Å². The third kappa shape index (κ3) is 6.53. The van der Waals surface area contributed by atoms with E-state index in [1.807, 2.05) is 43.5 Å². The van der Waals surface area contributed by atoms with E-state index in [-0.39, 0.29) is 35.2 Å². The van der Waals surface area contributed by atoms with Crippen molar-refractivity contribution in [2.24, 2.45) is 11.8 Å². The molecule has 0 spiro atoms. The third-order valence-corrected chi connectivity index (χ3v) is 7.54. The predicted octanol–water partition coefficient (Wildman–Crippen LogP) is 3.08. The van der Waals surface area contributed by atoms with Crippen molar-refractivity contribution in [3.63, 3.8) is 0 Å². The molecule has 0 saturated carbocycles. The van der Waals surface area contributed by atoms with Gasteiger partial charge in [-0.3, -0.25) is 14.4 Å². The highest BCUT2D eigenvalue weighted by Crippen LogP contribution is 2.29. The molecule has 2 aromatic heterocycles. The van der Waals surface area contributed by atoms with E-state index in [1.165, 1.54) is 4.57 Å². The molecule has 2 N–H and O–H groups in total. The number of nitrogens with one attached hydrogen (secondary N) is 2. The van der Waals surface area contributed by atoms with Gasteiger partial charge in [0.1, 0.15) is 17.9 Å². The number of nitrogens with zero attached hydrogens (tertiary/aromatic N) is 4. The molecule has 3 heterocycles. The maximum atomic E-state index is 13.7. The van der Waals surface area contributed by atoms with Crippen molar-refractivity contribution in [2.75, 3.05) is 20.8 Å². The number of carbonyl (C=O) groups is 2. The summed E-state index contributed by atoms with van der Waals surface area (Å²) in [6.45, 7) is 6.87. The van der Waals surface area contributed by atoms with Crippen LogP contribution >= 0.6 is 0 Å². The Hall–Kier alpha value is -4.33. The molecule has 2 amide bonds. The van der Waals surface area contributed by atoms with Crippen LogP contribution in [0.1, 0.15) is 57.0 Å². The molecule has 11 nitrogen and oxygen atoms in total. The highest BCUT2D eigenvalue weighted by molar-refractivity contribution is 5.83. The van der Waals surface area contributed by atoms with Gasteiger partial charge in [-0.25, -0.2) is 4.98 Å². The average Bonchev–Trinajstić information content (AvgIpc) is 3.28. The van der Waals surface area contributed by atoms with Crippen LogP contribution in [0.15, 0.2) is 35.3 Å². The lowest BCUT2D eigenvalue weighted by Crippen LogP contribution is -2.45. The van der Waals surface area contributed by atoms with Gasteiger partial charge in [-0.05, 0) is 62.3 Å². The highest BCUT2D eigenvalue weighted by atomic mass is 16.5. The third-order valence-electron chi connectivity index (χ3n) is 7.54. The Balaban J connectivity index is 1.62. The van der Waals surface area contributed by atoms with Gasteiger partial charge in [-0.2, -0.15) is 5.26 Å². The Morgan fingerprint density at radius 2 is 1.98 bits per heavy atom. The second-order valence-corrected chi connectivity index (χ2v) is 10.9. The molecule has 41 heavy (non-hydrogen) atoms. The van der Waals surface area contributed by atoms with E-state index in [0.29, 0.717) is 48.8 Å². The second-order valence-electron chi connectivity index (χ2n) is 10.9.